The Morgan fingerprint density at radius 3 is 2.39 bits per heavy atom. The average Bonchev–Trinajstić information content (AvgIpc) is 2.30. The highest BCUT2D eigenvalue weighted by Gasteiger charge is 2.12. The smallest absolute Gasteiger partial charge is 0.126 e. The fourth-order valence-electron chi connectivity index (χ4n) is 1.81. The summed E-state index contributed by atoms with van der Waals surface area (Å²) in [5, 5.41) is 0. The van der Waals surface area contributed by atoms with E-state index in [-0.39, 0.29) is 11.6 Å². The molecule has 2 aromatic carbocycles. The zero-order chi connectivity index (χ0) is 13.3. The van der Waals surface area contributed by atoms with E-state index in [1.54, 1.807) is 25.1 Å². The summed E-state index contributed by atoms with van der Waals surface area (Å²) in [6.07, 6.45) is 0. The lowest BCUT2D eigenvalue weighted by atomic mass is 9.98. The van der Waals surface area contributed by atoms with E-state index in [1.165, 1.54) is 18.2 Å². The third-order valence-electron chi connectivity index (χ3n) is 2.79. The van der Waals surface area contributed by atoms with Gasteiger partial charge in [0.25, 0.3) is 0 Å². The Bertz CT molecular complexity index is 564. The van der Waals surface area contributed by atoms with Crippen molar-refractivity contribution in [3.05, 3.63) is 69.2 Å². The number of hydrogen-bond donors (Lipinski definition) is 1. The van der Waals surface area contributed by atoms with Gasteiger partial charge in [-0.05, 0) is 47.9 Å². The summed E-state index contributed by atoms with van der Waals surface area (Å²) in [6.45, 7) is 1.67. The summed E-state index contributed by atoms with van der Waals surface area (Å²) in [5.41, 5.74) is 7.99. The zero-order valence-corrected chi connectivity index (χ0v) is 11.3. The lowest BCUT2D eigenvalue weighted by molar-refractivity contribution is 0.615. The van der Waals surface area contributed by atoms with Gasteiger partial charge < -0.3 is 5.73 Å². The molecule has 0 saturated carbocycles. The number of halogens is 3. The minimum atomic E-state index is -0.476. The maximum atomic E-state index is 13.3. The minimum absolute atomic E-state index is 0.272. The van der Waals surface area contributed by atoms with E-state index in [0.29, 0.717) is 15.6 Å². The molecule has 0 aliphatic heterocycles. The van der Waals surface area contributed by atoms with Crippen LogP contribution in [0.5, 0.6) is 0 Å². The molecule has 4 heteroatoms. The van der Waals surface area contributed by atoms with Gasteiger partial charge in [-0.25, -0.2) is 8.78 Å². The molecule has 0 bridgehead atoms. The van der Waals surface area contributed by atoms with Crippen LogP contribution in [0.1, 0.15) is 22.7 Å². The van der Waals surface area contributed by atoms with Crippen molar-refractivity contribution in [3.8, 4) is 0 Å². The van der Waals surface area contributed by atoms with Gasteiger partial charge in [0.05, 0.1) is 6.04 Å². The van der Waals surface area contributed by atoms with E-state index in [4.69, 9.17) is 5.73 Å². The molecule has 0 saturated heterocycles. The van der Waals surface area contributed by atoms with Crippen molar-refractivity contribution in [1.29, 1.82) is 0 Å². The van der Waals surface area contributed by atoms with Gasteiger partial charge >= 0.3 is 0 Å². The van der Waals surface area contributed by atoms with Gasteiger partial charge in [0.15, 0.2) is 0 Å². The summed E-state index contributed by atoms with van der Waals surface area (Å²) in [5.74, 6) is -0.625. The molecule has 0 spiro atoms. The molecule has 0 amide bonds. The second-order valence-corrected chi connectivity index (χ2v) is 5.10. The molecule has 0 heterocycles. The highest BCUT2D eigenvalue weighted by molar-refractivity contribution is 9.10. The Kier molecular flexibility index (Phi) is 3.78. The lowest BCUT2D eigenvalue weighted by Gasteiger charge is -2.14. The van der Waals surface area contributed by atoms with Crippen molar-refractivity contribution in [2.75, 3.05) is 0 Å². The van der Waals surface area contributed by atoms with Crippen LogP contribution in [0.15, 0.2) is 40.9 Å². The Labute approximate surface area is 113 Å². The quantitative estimate of drug-likeness (QED) is 0.888. The molecular weight excluding hydrogens is 300 g/mol. The van der Waals surface area contributed by atoms with Gasteiger partial charge in [-0.2, -0.15) is 0 Å². The summed E-state index contributed by atoms with van der Waals surface area (Å²) < 4.78 is 27.1. The van der Waals surface area contributed by atoms with Crippen molar-refractivity contribution >= 4 is 15.9 Å². The Hall–Kier alpha value is -1.26. The number of nitrogens with two attached hydrogens (primary N) is 1. The van der Waals surface area contributed by atoms with E-state index < -0.39 is 6.04 Å². The molecule has 1 nitrogen and oxygen atoms in total. The summed E-state index contributed by atoms with van der Waals surface area (Å²) >= 11 is 3.22. The average molecular weight is 312 g/mol. The summed E-state index contributed by atoms with van der Waals surface area (Å²) in [6, 6.07) is 8.70. The SMILES string of the molecule is Cc1cc(C(N)c2cc(F)cc(Br)c2)ccc1F. The maximum Gasteiger partial charge on any atom is 0.126 e. The van der Waals surface area contributed by atoms with Crippen molar-refractivity contribution < 1.29 is 8.78 Å². The standard InChI is InChI=1S/C14H12BrF2N/c1-8-4-9(2-3-13(8)17)14(18)10-5-11(15)7-12(16)6-10/h2-7,14H,18H2,1H3. The topological polar surface area (TPSA) is 26.0 Å². The van der Waals surface area contributed by atoms with Gasteiger partial charge in [-0.15, -0.1) is 0 Å². The van der Waals surface area contributed by atoms with Crippen LogP contribution < -0.4 is 5.73 Å². The molecule has 0 aliphatic carbocycles. The van der Waals surface area contributed by atoms with Crippen LogP contribution in [0.2, 0.25) is 0 Å². The van der Waals surface area contributed by atoms with Crippen LogP contribution in [-0.2, 0) is 0 Å². The second-order valence-electron chi connectivity index (χ2n) is 4.19. The number of rotatable bonds is 2. The third-order valence-corrected chi connectivity index (χ3v) is 3.24. The predicted octanol–water partition coefficient (Wildman–Crippen LogP) is 4.08. The lowest BCUT2D eigenvalue weighted by Crippen LogP contribution is -2.12. The Morgan fingerprint density at radius 2 is 1.78 bits per heavy atom. The highest BCUT2D eigenvalue weighted by atomic mass is 79.9. The van der Waals surface area contributed by atoms with Crippen molar-refractivity contribution in [2.24, 2.45) is 5.73 Å². The fourth-order valence-corrected chi connectivity index (χ4v) is 2.29. The van der Waals surface area contributed by atoms with E-state index in [1.807, 2.05) is 0 Å². The minimum Gasteiger partial charge on any atom is -0.320 e. The van der Waals surface area contributed by atoms with Crippen LogP contribution >= 0.6 is 15.9 Å². The number of hydrogen-bond acceptors (Lipinski definition) is 1. The first-order valence-corrected chi connectivity index (χ1v) is 6.24. The van der Waals surface area contributed by atoms with Gasteiger partial charge in [0, 0.05) is 4.47 Å². The number of aryl methyl sites for hydroxylation is 1. The first kappa shape index (κ1) is 13.2. The zero-order valence-electron chi connectivity index (χ0n) is 9.75. The largest absolute Gasteiger partial charge is 0.320 e. The summed E-state index contributed by atoms with van der Waals surface area (Å²) in [4.78, 5) is 0. The molecule has 1 atom stereocenters. The van der Waals surface area contributed by atoms with Crippen LogP contribution in [0.3, 0.4) is 0 Å². The van der Waals surface area contributed by atoms with Crippen LogP contribution in [0, 0.1) is 18.6 Å². The van der Waals surface area contributed by atoms with Crippen LogP contribution in [-0.4, -0.2) is 0 Å². The second kappa shape index (κ2) is 5.16. The molecule has 0 aromatic heterocycles. The van der Waals surface area contributed by atoms with Crippen molar-refractivity contribution in [3.63, 3.8) is 0 Å². The molecule has 0 radical (unpaired) electrons. The molecule has 2 aromatic rings. The Balaban J connectivity index is 2.40. The molecular formula is C14H12BrF2N. The molecule has 0 fully saturated rings. The van der Waals surface area contributed by atoms with Crippen LogP contribution in [0.4, 0.5) is 8.78 Å². The van der Waals surface area contributed by atoms with E-state index in [9.17, 15) is 8.78 Å². The maximum absolute atomic E-state index is 13.3. The van der Waals surface area contributed by atoms with Gasteiger partial charge in [0.1, 0.15) is 11.6 Å². The molecule has 1 unspecified atom stereocenters. The van der Waals surface area contributed by atoms with E-state index in [2.05, 4.69) is 15.9 Å². The first-order chi connectivity index (χ1) is 8.47. The van der Waals surface area contributed by atoms with Gasteiger partial charge in [-0.3, -0.25) is 0 Å². The van der Waals surface area contributed by atoms with Crippen molar-refractivity contribution in [2.45, 2.75) is 13.0 Å². The Morgan fingerprint density at radius 1 is 1.06 bits per heavy atom. The fraction of sp³-hybridized carbons (Fsp3) is 0.143. The van der Waals surface area contributed by atoms with E-state index in [0.717, 1.165) is 5.56 Å². The van der Waals surface area contributed by atoms with E-state index >= 15 is 0 Å². The molecule has 0 aliphatic rings. The van der Waals surface area contributed by atoms with Crippen molar-refractivity contribution in [1.82, 2.24) is 0 Å². The molecule has 18 heavy (non-hydrogen) atoms. The van der Waals surface area contributed by atoms with Gasteiger partial charge in [0.2, 0.25) is 0 Å². The molecule has 2 N–H and O–H groups in total. The van der Waals surface area contributed by atoms with Crippen LogP contribution in [0.25, 0.3) is 0 Å². The normalized spacial score (nSPS) is 12.5. The summed E-state index contributed by atoms with van der Waals surface area (Å²) in [7, 11) is 0. The monoisotopic (exact) mass is 311 g/mol. The molecule has 2 rings (SSSR count). The number of benzene rings is 2. The van der Waals surface area contributed by atoms with Gasteiger partial charge in [-0.1, -0.05) is 28.1 Å². The predicted molar refractivity (Wildman–Crippen MR) is 71.3 cm³/mol. The molecule has 94 valence electrons. The highest BCUT2D eigenvalue weighted by Crippen LogP contribution is 2.25. The third kappa shape index (κ3) is 2.76. The first-order valence-electron chi connectivity index (χ1n) is 5.45.